The standard InChI is InChI=1S/C17H28N2O2S/c1-13(2)15-4-3-6-17(21-15)7-10-19(11-8-17)9-5-14-12-22-16(20)18-14/h12-13,15H,3-11H2,1-2H3,(H,18,20). The van der Waals surface area contributed by atoms with E-state index in [0.29, 0.717) is 12.0 Å². The second-order valence-electron chi connectivity index (χ2n) is 7.19. The highest BCUT2D eigenvalue weighted by atomic mass is 32.1. The first-order valence-electron chi connectivity index (χ1n) is 8.60. The maximum absolute atomic E-state index is 9.30. The van der Waals surface area contributed by atoms with E-state index in [4.69, 9.17) is 4.74 Å². The van der Waals surface area contributed by atoms with Crippen molar-refractivity contribution in [2.45, 2.75) is 64.1 Å². The molecule has 1 aromatic rings. The van der Waals surface area contributed by atoms with Crippen LogP contribution in [0.1, 0.15) is 51.6 Å². The van der Waals surface area contributed by atoms with Gasteiger partial charge in [-0.3, -0.25) is 0 Å². The molecule has 5 heteroatoms. The molecule has 22 heavy (non-hydrogen) atoms. The van der Waals surface area contributed by atoms with Gasteiger partial charge in [-0.2, -0.15) is 0 Å². The van der Waals surface area contributed by atoms with Crippen molar-refractivity contribution in [3.05, 3.63) is 11.1 Å². The molecule has 124 valence electrons. The van der Waals surface area contributed by atoms with Crippen molar-refractivity contribution >= 4 is 11.3 Å². The molecule has 3 rings (SSSR count). The maximum atomic E-state index is 9.30. The van der Waals surface area contributed by atoms with Crippen LogP contribution in [0.3, 0.4) is 0 Å². The molecule has 1 N–H and O–H groups in total. The van der Waals surface area contributed by atoms with Gasteiger partial charge in [-0.1, -0.05) is 25.2 Å². The van der Waals surface area contributed by atoms with Crippen LogP contribution >= 0.6 is 11.3 Å². The van der Waals surface area contributed by atoms with Crippen LogP contribution in [0.15, 0.2) is 5.38 Å². The number of likely N-dealkylation sites (tertiary alicyclic amines) is 1. The predicted octanol–water partition coefficient (Wildman–Crippen LogP) is 3.45. The fraction of sp³-hybridized carbons (Fsp3) is 0.824. The first kappa shape index (κ1) is 16.2. The molecule has 0 saturated carbocycles. The molecule has 2 aliphatic heterocycles. The first-order chi connectivity index (χ1) is 10.6. The summed E-state index contributed by atoms with van der Waals surface area (Å²) in [4.78, 5) is 6.65. The van der Waals surface area contributed by atoms with E-state index in [1.165, 1.54) is 43.4 Å². The van der Waals surface area contributed by atoms with E-state index in [9.17, 15) is 5.11 Å². The number of aromatic hydroxyl groups is 1. The van der Waals surface area contributed by atoms with Gasteiger partial charge in [0.05, 0.1) is 17.4 Å². The molecule has 0 radical (unpaired) electrons. The monoisotopic (exact) mass is 324 g/mol. The molecule has 2 fully saturated rings. The van der Waals surface area contributed by atoms with Gasteiger partial charge in [0.25, 0.3) is 5.19 Å². The Kier molecular flexibility index (Phi) is 5.05. The molecule has 0 aromatic carbocycles. The molecule has 0 bridgehead atoms. The van der Waals surface area contributed by atoms with E-state index in [0.717, 1.165) is 31.7 Å². The van der Waals surface area contributed by atoms with Gasteiger partial charge in [-0.15, -0.1) is 0 Å². The largest absolute Gasteiger partial charge is 0.486 e. The SMILES string of the molecule is CC(C)C1CCCC2(CCN(CCc3csc(O)n3)CC2)O1. The molecule has 2 saturated heterocycles. The van der Waals surface area contributed by atoms with Crippen LogP contribution in [0.4, 0.5) is 0 Å². The summed E-state index contributed by atoms with van der Waals surface area (Å²) >= 11 is 1.32. The van der Waals surface area contributed by atoms with Crippen molar-refractivity contribution in [3.8, 4) is 5.19 Å². The van der Waals surface area contributed by atoms with Gasteiger partial charge < -0.3 is 14.7 Å². The van der Waals surface area contributed by atoms with E-state index >= 15 is 0 Å². The van der Waals surface area contributed by atoms with Crippen LogP contribution in [0, 0.1) is 5.92 Å². The summed E-state index contributed by atoms with van der Waals surface area (Å²) < 4.78 is 6.52. The third-order valence-electron chi connectivity index (χ3n) is 5.26. The summed E-state index contributed by atoms with van der Waals surface area (Å²) in [6.45, 7) is 7.85. The number of rotatable bonds is 4. The van der Waals surface area contributed by atoms with Gasteiger partial charge in [-0.25, -0.2) is 4.98 Å². The van der Waals surface area contributed by atoms with Crippen LogP contribution in [0.2, 0.25) is 0 Å². The number of hydrogen-bond acceptors (Lipinski definition) is 5. The number of hydrogen-bond donors (Lipinski definition) is 1. The minimum Gasteiger partial charge on any atom is -0.486 e. The van der Waals surface area contributed by atoms with Gasteiger partial charge in [0.2, 0.25) is 0 Å². The Morgan fingerprint density at radius 2 is 2.18 bits per heavy atom. The molecule has 1 atom stereocenters. The predicted molar refractivity (Wildman–Crippen MR) is 89.4 cm³/mol. The van der Waals surface area contributed by atoms with Gasteiger partial charge >= 0.3 is 0 Å². The Labute approximate surface area is 137 Å². The fourth-order valence-corrected chi connectivity index (χ4v) is 4.35. The smallest absolute Gasteiger partial charge is 0.270 e. The lowest BCUT2D eigenvalue weighted by molar-refractivity contribution is -0.165. The topological polar surface area (TPSA) is 45.6 Å². The highest BCUT2D eigenvalue weighted by Crippen LogP contribution is 2.39. The van der Waals surface area contributed by atoms with Crippen molar-refractivity contribution in [1.82, 2.24) is 9.88 Å². The van der Waals surface area contributed by atoms with Crippen LogP contribution in [0.5, 0.6) is 5.19 Å². The van der Waals surface area contributed by atoms with E-state index in [-0.39, 0.29) is 10.8 Å². The third-order valence-corrected chi connectivity index (χ3v) is 5.95. The third kappa shape index (κ3) is 3.81. The lowest BCUT2D eigenvalue weighted by Crippen LogP contribution is -2.50. The maximum Gasteiger partial charge on any atom is 0.270 e. The number of ether oxygens (including phenoxy) is 1. The van der Waals surface area contributed by atoms with Gasteiger partial charge in [0.1, 0.15) is 0 Å². The molecular weight excluding hydrogens is 296 g/mol. The second-order valence-corrected chi connectivity index (χ2v) is 8.03. The van der Waals surface area contributed by atoms with E-state index in [1.807, 2.05) is 5.38 Å². The van der Waals surface area contributed by atoms with Crippen LogP contribution in [-0.2, 0) is 11.2 Å². The van der Waals surface area contributed by atoms with Crippen molar-refractivity contribution in [2.75, 3.05) is 19.6 Å². The number of nitrogens with zero attached hydrogens (tertiary/aromatic N) is 2. The summed E-state index contributed by atoms with van der Waals surface area (Å²) in [7, 11) is 0. The highest BCUT2D eigenvalue weighted by Gasteiger charge is 2.40. The number of thiazole rings is 1. The Bertz CT molecular complexity index is 481. The van der Waals surface area contributed by atoms with Crippen LogP contribution in [-0.4, -0.2) is 46.3 Å². The summed E-state index contributed by atoms with van der Waals surface area (Å²) in [6.07, 6.45) is 7.51. The minimum atomic E-state index is 0.155. The quantitative estimate of drug-likeness (QED) is 0.921. The van der Waals surface area contributed by atoms with E-state index in [1.54, 1.807) is 0 Å². The fourth-order valence-electron chi connectivity index (χ4n) is 3.77. The second kappa shape index (κ2) is 6.85. The molecule has 1 spiro atoms. The van der Waals surface area contributed by atoms with E-state index < -0.39 is 0 Å². The lowest BCUT2D eigenvalue weighted by Gasteiger charge is -2.47. The van der Waals surface area contributed by atoms with Crippen molar-refractivity contribution in [2.24, 2.45) is 5.92 Å². The zero-order valence-corrected chi connectivity index (χ0v) is 14.6. The minimum absolute atomic E-state index is 0.155. The summed E-state index contributed by atoms with van der Waals surface area (Å²) in [5.74, 6) is 0.632. The zero-order valence-electron chi connectivity index (χ0n) is 13.8. The Morgan fingerprint density at radius 3 is 2.82 bits per heavy atom. The Balaban J connectivity index is 1.47. The molecule has 1 unspecified atom stereocenters. The Hall–Kier alpha value is -0.650. The summed E-state index contributed by atoms with van der Waals surface area (Å²) in [5, 5.41) is 11.4. The summed E-state index contributed by atoms with van der Waals surface area (Å²) in [5.41, 5.74) is 1.17. The first-order valence-corrected chi connectivity index (χ1v) is 9.48. The number of piperidine rings is 1. The highest BCUT2D eigenvalue weighted by molar-refractivity contribution is 7.11. The van der Waals surface area contributed by atoms with Crippen molar-refractivity contribution < 1.29 is 9.84 Å². The molecule has 1 aromatic heterocycles. The molecular formula is C17H28N2O2S. The molecule has 0 aliphatic carbocycles. The average molecular weight is 324 g/mol. The van der Waals surface area contributed by atoms with Crippen molar-refractivity contribution in [1.29, 1.82) is 0 Å². The molecule has 3 heterocycles. The van der Waals surface area contributed by atoms with Gasteiger partial charge in [-0.05, 0) is 38.0 Å². The van der Waals surface area contributed by atoms with Crippen molar-refractivity contribution in [3.63, 3.8) is 0 Å². The molecule has 0 amide bonds. The Morgan fingerprint density at radius 1 is 1.41 bits per heavy atom. The molecule has 4 nitrogen and oxygen atoms in total. The normalized spacial score (nSPS) is 25.9. The van der Waals surface area contributed by atoms with Gasteiger partial charge in [0, 0.05) is 31.4 Å². The average Bonchev–Trinajstić information content (AvgIpc) is 2.92. The number of aromatic nitrogens is 1. The van der Waals surface area contributed by atoms with E-state index in [2.05, 4.69) is 23.7 Å². The lowest BCUT2D eigenvalue weighted by atomic mass is 9.81. The van der Waals surface area contributed by atoms with Crippen LogP contribution < -0.4 is 0 Å². The van der Waals surface area contributed by atoms with Crippen LogP contribution in [0.25, 0.3) is 0 Å². The zero-order chi connectivity index (χ0) is 15.6. The molecule has 2 aliphatic rings. The summed E-state index contributed by atoms with van der Waals surface area (Å²) in [6, 6.07) is 0. The van der Waals surface area contributed by atoms with Gasteiger partial charge in [0.15, 0.2) is 0 Å².